The van der Waals surface area contributed by atoms with Gasteiger partial charge in [-0.3, -0.25) is 0 Å². The number of piperidine rings is 1. The minimum atomic E-state index is -0.278. The molecule has 1 aromatic carbocycles. The van der Waals surface area contributed by atoms with Gasteiger partial charge in [-0.2, -0.15) is 0 Å². The van der Waals surface area contributed by atoms with Gasteiger partial charge in [0, 0.05) is 46.7 Å². The van der Waals surface area contributed by atoms with Gasteiger partial charge < -0.3 is 19.4 Å². The summed E-state index contributed by atoms with van der Waals surface area (Å²) in [7, 11) is 1.43. The highest BCUT2D eigenvalue weighted by Crippen LogP contribution is 2.41. The van der Waals surface area contributed by atoms with Gasteiger partial charge in [0.05, 0.1) is 24.3 Å². The van der Waals surface area contributed by atoms with Gasteiger partial charge >= 0.3 is 5.97 Å². The summed E-state index contributed by atoms with van der Waals surface area (Å²) in [5.74, 6) is 0.146. The highest BCUT2D eigenvalue weighted by Gasteiger charge is 2.43. The van der Waals surface area contributed by atoms with Crippen molar-refractivity contribution in [1.82, 2.24) is 9.88 Å². The Kier molecular flexibility index (Phi) is 3.39. The third-order valence-electron chi connectivity index (χ3n) is 6.13. The molecule has 1 N–H and O–H groups in total. The van der Waals surface area contributed by atoms with Crippen LogP contribution in [-0.2, 0) is 14.3 Å². The zero-order valence-electron chi connectivity index (χ0n) is 15.0. The summed E-state index contributed by atoms with van der Waals surface area (Å²) in [6.07, 6.45) is 4.85. The molecule has 4 heterocycles. The van der Waals surface area contributed by atoms with Gasteiger partial charge in [-0.1, -0.05) is 24.3 Å². The predicted molar refractivity (Wildman–Crippen MR) is 99.2 cm³/mol. The molecule has 3 aliphatic rings. The Labute approximate surface area is 151 Å². The van der Waals surface area contributed by atoms with E-state index in [9.17, 15) is 4.79 Å². The van der Waals surface area contributed by atoms with Crippen LogP contribution in [0.15, 0.2) is 36.1 Å². The summed E-state index contributed by atoms with van der Waals surface area (Å²) in [6.45, 7) is 3.88. The van der Waals surface area contributed by atoms with Gasteiger partial charge in [0.1, 0.15) is 6.10 Å². The SMILES string of the molecule is COC(=O)C1=CO[C@@H](C)[C@@H]2CN3CC=c4c([nH]c5ccccc45)=C3C[C@@H]12. The molecule has 0 bridgehead atoms. The topological polar surface area (TPSA) is 54.6 Å². The number of aromatic nitrogens is 1. The molecule has 0 radical (unpaired) electrons. The van der Waals surface area contributed by atoms with Gasteiger partial charge in [-0.25, -0.2) is 4.79 Å². The number of hydrogen-bond donors (Lipinski definition) is 1. The molecule has 1 saturated heterocycles. The van der Waals surface area contributed by atoms with Crippen LogP contribution in [0.1, 0.15) is 13.3 Å². The van der Waals surface area contributed by atoms with Gasteiger partial charge in [-0.15, -0.1) is 0 Å². The smallest absolute Gasteiger partial charge is 0.337 e. The zero-order chi connectivity index (χ0) is 17.8. The molecule has 0 aliphatic carbocycles. The van der Waals surface area contributed by atoms with Crippen LogP contribution in [-0.4, -0.2) is 42.2 Å². The normalized spacial score (nSPS) is 26.8. The molecule has 3 aliphatic heterocycles. The van der Waals surface area contributed by atoms with E-state index < -0.39 is 0 Å². The first-order chi connectivity index (χ1) is 12.7. The highest BCUT2D eigenvalue weighted by atomic mass is 16.5. The Morgan fingerprint density at radius 1 is 1.35 bits per heavy atom. The molecule has 0 unspecified atom stereocenters. The van der Waals surface area contributed by atoms with E-state index in [1.165, 1.54) is 28.8 Å². The number of rotatable bonds is 1. The second-order valence-electron chi connectivity index (χ2n) is 7.40. The van der Waals surface area contributed by atoms with Crippen molar-refractivity contribution in [2.75, 3.05) is 20.2 Å². The van der Waals surface area contributed by atoms with Crippen molar-refractivity contribution in [3.05, 3.63) is 46.7 Å². The molecule has 134 valence electrons. The summed E-state index contributed by atoms with van der Waals surface area (Å²) >= 11 is 0. The molecule has 2 aromatic rings. The Morgan fingerprint density at radius 2 is 2.19 bits per heavy atom. The maximum absolute atomic E-state index is 12.3. The molecule has 5 heteroatoms. The van der Waals surface area contributed by atoms with E-state index in [2.05, 4.69) is 47.1 Å². The summed E-state index contributed by atoms with van der Waals surface area (Å²) in [6, 6.07) is 8.42. The number of methoxy groups -OCH3 is 1. The fourth-order valence-corrected chi connectivity index (χ4v) is 4.73. The third kappa shape index (κ3) is 2.13. The lowest BCUT2D eigenvalue weighted by atomic mass is 9.75. The van der Waals surface area contributed by atoms with Crippen molar-refractivity contribution >= 4 is 28.6 Å². The Balaban J connectivity index is 1.67. The van der Waals surface area contributed by atoms with E-state index in [-0.39, 0.29) is 23.9 Å². The van der Waals surface area contributed by atoms with Crippen LogP contribution < -0.4 is 10.6 Å². The summed E-state index contributed by atoms with van der Waals surface area (Å²) in [5, 5.41) is 3.74. The van der Waals surface area contributed by atoms with Gasteiger partial charge in [0.25, 0.3) is 0 Å². The maximum atomic E-state index is 12.3. The molecule has 5 rings (SSSR count). The van der Waals surface area contributed by atoms with Crippen LogP contribution in [0, 0.1) is 11.8 Å². The van der Waals surface area contributed by atoms with Crippen LogP contribution in [0.4, 0.5) is 0 Å². The molecular weight excluding hydrogens is 328 g/mol. The van der Waals surface area contributed by atoms with Crippen LogP contribution in [0.2, 0.25) is 0 Å². The minimum absolute atomic E-state index is 0.0964. The third-order valence-corrected chi connectivity index (χ3v) is 6.13. The molecule has 5 nitrogen and oxygen atoms in total. The number of hydrogen-bond acceptors (Lipinski definition) is 4. The fourth-order valence-electron chi connectivity index (χ4n) is 4.73. The number of nitrogens with zero attached hydrogens (tertiary/aromatic N) is 1. The molecule has 0 spiro atoms. The Morgan fingerprint density at radius 3 is 3.04 bits per heavy atom. The second-order valence-corrected chi connectivity index (χ2v) is 7.40. The van der Waals surface area contributed by atoms with Crippen molar-refractivity contribution in [3.63, 3.8) is 0 Å². The second kappa shape index (κ2) is 5.66. The van der Waals surface area contributed by atoms with E-state index in [0.717, 1.165) is 25.0 Å². The van der Waals surface area contributed by atoms with Crippen molar-refractivity contribution < 1.29 is 14.3 Å². The fraction of sp³-hybridized carbons (Fsp3) is 0.381. The zero-order valence-corrected chi connectivity index (χ0v) is 15.0. The standard InChI is InChI=1S/C21H22N2O3/c1-12-16-10-23-8-7-14-13-5-3-4-6-18(13)22-20(14)19(23)9-15(16)17(11-26-12)21(24)25-2/h3-7,11-12,15-16,22H,8-10H2,1-2H3/t12-,15+,16-/m0/s1. The van der Waals surface area contributed by atoms with Gasteiger partial charge in [-0.05, 0) is 19.4 Å². The molecule has 1 fully saturated rings. The number of carbonyl (C=O) groups is 1. The highest BCUT2D eigenvalue weighted by molar-refractivity contribution is 5.89. The first kappa shape index (κ1) is 15.6. The maximum Gasteiger partial charge on any atom is 0.337 e. The number of para-hydroxylation sites is 1. The van der Waals surface area contributed by atoms with E-state index in [1.54, 1.807) is 6.26 Å². The molecular formula is C21H22N2O3. The Bertz CT molecular complexity index is 1050. The first-order valence-electron chi connectivity index (χ1n) is 9.16. The van der Waals surface area contributed by atoms with Crippen molar-refractivity contribution in [1.29, 1.82) is 0 Å². The summed E-state index contributed by atoms with van der Waals surface area (Å²) < 4.78 is 10.8. The van der Waals surface area contributed by atoms with E-state index >= 15 is 0 Å². The number of fused-ring (bicyclic) bond motifs is 5. The number of benzene rings is 1. The number of esters is 1. The molecule has 26 heavy (non-hydrogen) atoms. The lowest BCUT2D eigenvalue weighted by Crippen LogP contribution is -2.51. The number of nitrogens with one attached hydrogen (secondary N) is 1. The number of H-pyrrole nitrogens is 1. The molecule has 3 atom stereocenters. The number of ether oxygens (including phenoxy) is 2. The monoisotopic (exact) mass is 350 g/mol. The van der Waals surface area contributed by atoms with Gasteiger partial charge in [0.2, 0.25) is 0 Å². The molecule has 1 aromatic heterocycles. The van der Waals surface area contributed by atoms with E-state index in [4.69, 9.17) is 9.47 Å². The number of aromatic amines is 1. The number of carbonyl (C=O) groups excluding carboxylic acids is 1. The van der Waals surface area contributed by atoms with Crippen LogP contribution in [0.3, 0.4) is 0 Å². The van der Waals surface area contributed by atoms with E-state index in [1.807, 2.05) is 0 Å². The quantitative estimate of drug-likeness (QED) is 0.792. The summed E-state index contributed by atoms with van der Waals surface area (Å²) in [4.78, 5) is 18.3. The molecule has 0 saturated carbocycles. The Hall–Kier alpha value is -2.69. The minimum Gasteiger partial charge on any atom is -0.497 e. The lowest BCUT2D eigenvalue weighted by Gasteiger charge is -2.45. The van der Waals surface area contributed by atoms with Crippen molar-refractivity contribution in [2.45, 2.75) is 19.4 Å². The van der Waals surface area contributed by atoms with Crippen molar-refractivity contribution in [2.24, 2.45) is 11.8 Å². The van der Waals surface area contributed by atoms with Crippen LogP contribution in [0.25, 0.3) is 22.7 Å². The van der Waals surface area contributed by atoms with Crippen LogP contribution >= 0.6 is 0 Å². The predicted octanol–water partition coefficient (Wildman–Crippen LogP) is 1.48. The van der Waals surface area contributed by atoms with Crippen molar-refractivity contribution in [3.8, 4) is 0 Å². The summed E-state index contributed by atoms with van der Waals surface area (Å²) in [5.41, 5.74) is 3.12. The van der Waals surface area contributed by atoms with Gasteiger partial charge in [0.15, 0.2) is 0 Å². The lowest BCUT2D eigenvalue weighted by molar-refractivity contribution is -0.138. The first-order valence-corrected chi connectivity index (χ1v) is 9.16. The largest absolute Gasteiger partial charge is 0.497 e. The van der Waals surface area contributed by atoms with Crippen LogP contribution in [0.5, 0.6) is 0 Å². The van der Waals surface area contributed by atoms with E-state index in [0.29, 0.717) is 5.57 Å². The average Bonchev–Trinajstić information content (AvgIpc) is 3.06. The average molecular weight is 350 g/mol. The molecule has 0 amide bonds.